The Labute approximate surface area is 198 Å². The molecule has 9 heteroatoms. The van der Waals surface area contributed by atoms with Crippen molar-refractivity contribution >= 4 is 23.5 Å². The van der Waals surface area contributed by atoms with Crippen LogP contribution in [0.3, 0.4) is 0 Å². The maximum atomic E-state index is 12.6. The Morgan fingerprint density at radius 2 is 1.66 bits per heavy atom. The van der Waals surface area contributed by atoms with Gasteiger partial charge in [-0.1, -0.05) is 34.1 Å². The Balaban J connectivity index is 1.64. The van der Waals surface area contributed by atoms with Crippen LogP contribution in [0.15, 0.2) is 21.9 Å². The van der Waals surface area contributed by atoms with Crippen LogP contribution in [0.5, 0.6) is 0 Å². The zero-order chi connectivity index (χ0) is 22.9. The van der Waals surface area contributed by atoms with E-state index in [1.807, 2.05) is 23.5 Å². The summed E-state index contributed by atoms with van der Waals surface area (Å²) < 4.78 is 21.4. The number of H-pyrrole nitrogens is 1. The van der Waals surface area contributed by atoms with Crippen molar-refractivity contribution in [3.8, 4) is 0 Å². The van der Waals surface area contributed by atoms with Crippen molar-refractivity contribution < 1.29 is 14.2 Å². The normalized spacial score (nSPS) is 29.5. The fourth-order valence-corrected chi connectivity index (χ4v) is 7.48. The Morgan fingerprint density at radius 1 is 1.03 bits per heavy atom. The van der Waals surface area contributed by atoms with Gasteiger partial charge < -0.3 is 14.2 Å². The SMILES string of the molecule is CC(C)CSC(SCC(C)C)[C@H]1O[C@@H](n2ccc(=O)[nH]c2=O)[C@@H]2OC3(CCCCC3)O[C@@H]21. The molecular weight excluding hydrogens is 448 g/mol. The summed E-state index contributed by atoms with van der Waals surface area (Å²) in [6.07, 6.45) is 5.22. The van der Waals surface area contributed by atoms with E-state index in [0.717, 1.165) is 37.2 Å². The van der Waals surface area contributed by atoms with Crippen LogP contribution in [0.2, 0.25) is 0 Å². The molecule has 0 bridgehead atoms. The van der Waals surface area contributed by atoms with Crippen molar-refractivity contribution in [2.75, 3.05) is 11.5 Å². The fourth-order valence-electron chi connectivity index (χ4n) is 4.66. The molecule has 4 atom stereocenters. The maximum absolute atomic E-state index is 12.6. The molecule has 180 valence electrons. The molecule has 1 aliphatic carbocycles. The summed E-state index contributed by atoms with van der Waals surface area (Å²) in [7, 11) is 0. The standard InChI is InChI=1S/C23H36N2O5S2/c1-14(2)12-31-21(32-13-15(3)4)19-17-18(30-23(29-17)9-6-5-7-10-23)20(28-19)25-11-8-16(26)24-22(25)27/h8,11,14-15,17-21H,5-7,9-10,12-13H2,1-4H3,(H,24,26,27)/t17-,18+,19-,20+/m0/s1. The molecule has 0 amide bonds. The first-order valence-electron chi connectivity index (χ1n) is 11.8. The first-order valence-corrected chi connectivity index (χ1v) is 13.9. The lowest BCUT2D eigenvalue weighted by atomic mass is 9.94. The Hall–Kier alpha value is -0.740. The highest BCUT2D eigenvalue weighted by Crippen LogP contribution is 2.51. The third kappa shape index (κ3) is 5.32. The number of hydrogen-bond acceptors (Lipinski definition) is 7. The van der Waals surface area contributed by atoms with E-state index in [4.69, 9.17) is 14.2 Å². The first kappa shape index (κ1) is 24.4. The molecule has 1 N–H and O–H groups in total. The summed E-state index contributed by atoms with van der Waals surface area (Å²) in [5, 5.41) is 0. The summed E-state index contributed by atoms with van der Waals surface area (Å²) in [5.41, 5.74) is -0.890. The fraction of sp³-hybridized carbons (Fsp3) is 0.826. The molecule has 2 aliphatic heterocycles. The highest BCUT2D eigenvalue weighted by Gasteiger charge is 2.60. The van der Waals surface area contributed by atoms with Gasteiger partial charge >= 0.3 is 5.69 Å². The number of ether oxygens (including phenoxy) is 3. The molecule has 3 fully saturated rings. The van der Waals surface area contributed by atoms with Crippen LogP contribution in [0.25, 0.3) is 0 Å². The van der Waals surface area contributed by atoms with Gasteiger partial charge in [0.15, 0.2) is 12.0 Å². The lowest BCUT2D eigenvalue weighted by Gasteiger charge is -2.35. The van der Waals surface area contributed by atoms with Gasteiger partial charge in [-0.2, -0.15) is 0 Å². The van der Waals surface area contributed by atoms with Gasteiger partial charge in [0.1, 0.15) is 18.3 Å². The summed E-state index contributed by atoms with van der Waals surface area (Å²) in [4.78, 5) is 26.6. The predicted octanol–water partition coefficient (Wildman–Crippen LogP) is 3.98. The van der Waals surface area contributed by atoms with Crippen LogP contribution in [0.1, 0.15) is 66.0 Å². The van der Waals surface area contributed by atoms with Gasteiger partial charge in [0.2, 0.25) is 0 Å². The minimum atomic E-state index is -0.613. The van der Waals surface area contributed by atoms with Crippen molar-refractivity contribution in [1.82, 2.24) is 9.55 Å². The van der Waals surface area contributed by atoms with Crippen LogP contribution in [0.4, 0.5) is 0 Å². The lowest BCUT2D eigenvalue weighted by molar-refractivity contribution is -0.229. The molecule has 7 nitrogen and oxygen atoms in total. The van der Waals surface area contributed by atoms with E-state index in [1.165, 1.54) is 23.3 Å². The largest absolute Gasteiger partial charge is 0.347 e. The summed E-state index contributed by atoms with van der Waals surface area (Å²) in [6.45, 7) is 8.91. The third-order valence-electron chi connectivity index (χ3n) is 6.12. The monoisotopic (exact) mass is 484 g/mol. The van der Waals surface area contributed by atoms with Gasteiger partial charge in [0.05, 0.1) is 4.58 Å². The average Bonchev–Trinajstić information content (AvgIpc) is 3.24. The third-order valence-corrected chi connectivity index (χ3v) is 9.85. The average molecular weight is 485 g/mol. The number of aromatic nitrogens is 2. The van der Waals surface area contributed by atoms with Crippen LogP contribution in [0, 0.1) is 11.8 Å². The highest BCUT2D eigenvalue weighted by molar-refractivity contribution is 8.17. The molecule has 1 aromatic heterocycles. The molecule has 0 unspecified atom stereocenters. The highest BCUT2D eigenvalue weighted by atomic mass is 32.2. The number of rotatable bonds is 8. The second-order valence-corrected chi connectivity index (χ2v) is 12.6. The minimum absolute atomic E-state index is 0.179. The van der Waals surface area contributed by atoms with Crippen molar-refractivity contribution in [3.63, 3.8) is 0 Å². The summed E-state index contributed by atoms with van der Waals surface area (Å²) >= 11 is 3.83. The van der Waals surface area contributed by atoms with Gasteiger partial charge in [-0.25, -0.2) is 4.79 Å². The van der Waals surface area contributed by atoms with E-state index >= 15 is 0 Å². The van der Waals surface area contributed by atoms with E-state index in [9.17, 15) is 9.59 Å². The van der Waals surface area contributed by atoms with Crippen LogP contribution >= 0.6 is 23.5 Å². The molecule has 2 saturated heterocycles. The number of fused-ring (bicyclic) bond motifs is 1. The Morgan fingerprint density at radius 3 is 2.25 bits per heavy atom. The number of aromatic amines is 1. The quantitative estimate of drug-likeness (QED) is 0.559. The minimum Gasteiger partial charge on any atom is -0.347 e. The predicted molar refractivity (Wildman–Crippen MR) is 129 cm³/mol. The van der Waals surface area contributed by atoms with Gasteiger partial charge in [0, 0.05) is 25.1 Å². The molecule has 3 aliphatic rings. The molecular formula is C23H36N2O5S2. The molecule has 0 radical (unpaired) electrons. The molecule has 3 heterocycles. The first-order chi connectivity index (χ1) is 15.3. The zero-order valence-corrected chi connectivity index (χ0v) is 21.1. The number of hydrogen-bond donors (Lipinski definition) is 1. The van der Waals surface area contributed by atoms with Gasteiger partial charge in [0.25, 0.3) is 5.56 Å². The van der Waals surface area contributed by atoms with E-state index in [1.54, 1.807) is 0 Å². The van der Waals surface area contributed by atoms with E-state index in [-0.39, 0.29) is 22.9 Å². The van der Waals surface area contributed by atoms with Crippen molar-refractivity contribution in [2.24, 2.45) is 11.8 Å². The molecule has 0 aromatic carbocycles. The van der Waals surface area contributed by atoms with Crippen LogP contribution in [-0.2, 0) is 14.2 Å². The lowest BCUT2D eigenvalue weighted by Crippen LogP contribution is -2.40. The molecule has 32 heavy (non-hydrogen) atoms. The summed E-state index contributed by atoms with van der Waals surface area (Å²) in [5.74, 6) is 2.63. The van der Waals surface area contributed by atoms with Crippen molar-refractivity contribution in [1.29, 1.82) is 0 Å². The molecule has 1 spiro atoms. The number of nitrogens with one attached hydrogen (secondary N) is 1. The topological polar surface area (TPSA) is 82.6 Å². The van der Waals surface area contributed by atoms with E-state index < -0.39 is 23.3 Å². The number of thioether (sulfide) groups is 2. The zero-order valence-electron chi connectivity index (χ0n) is 19.5. The van der Waals surface area contributed by atoms with Gasteiger partial charge in [-0.15, -0.1) is 23.5 Å². The van der Waals surface area contributed by atoms with Gasteiger partial charge in [-0.3, -0.25) is 14.3 Å². The van der Waals surface area contributed by atoms with Crippen molar-refractivity contribution in [3.05, 3.63) is 33.1 Å². The smallest absolute Gasteiger partial charge is 0.330 e. The molecule has 4 rings (SSSR count). The number of nitrogens with zero attached hydrogens (tertiary/aromatic N) is 1. The van der Waals surface area contributed by atoms with Gasteiger partial charge in [-0.05, 0) is 36.2 Å². The second-order valence-electron chi connectivity index (χ2n) is 9.97. The molecule has 1 aromatic rings. The summed E-state index contributed by atoms with van der Waals surface area (Å²) in [6, 6.07) is 1.36. The van der Waals surface area contributed by atoms with Crippen molar-refractivity contribution in [2.45, 2.75) is 94.7 Å². The Kier molecular flexibility index (Phi) is 7.82. The molecule has 1 saturated carbocycles. The van der Waals surface area contributed by atoms with E-state index in [0.29, 0.717) is 11.8 Å². The van der Waals surface area contributed by atoms with Crippen LogP contribution in [-0.4, -0.2) is 49.7 Å². The van der Waals surface area contributed by atoms with Crippen LogP contribution < -0.4 is 11.2 Å². The second kappa shape index (κ2) is 10.3. The maximum Gasteiger partial charge on any atom is 0.330 e. The Bertz CT molecular complexity index is 868. The van der Waals surface area contributed by atoms with E-state index in [2.05, 4.69) is 32.7 Å².